The van der Waals surface area contributed by atoms with Crippen LogP contribution in [0.15, 0.2) is 83.3 Å². The molecule has 0 aliphatic rings. The van der Waals surface area contributed by atoms with Crippen LogP contribution in [0.3, 0.4) is 0 Å². The maximum Gasteiger partial charge on any atom is 0.573 e. The number of carbonyl (C=O) groups is 1. The minimum absolute atomic E-state index is 0.195. The van der Waals surface area contributed by atoms with Gasteiger partial charge in [0.1, 0.15) is 5.75 Å². The lowest BCUT2D eigenvalue weighted by molar-refractivity contribution is -0.274. The average molecular weight is 634 g/mol. The minimum Gasteiger partial charge on any atom is -0.406 e. The second-order valence-electron chi connectivity index (χ2n) is 11.1. The topological polar surface area (TPSA) is 73.4 Å². The summed E-state index contributed by atoms with van der Waals surface area (Å²) < 4.78 is 44.9. The number of thiazole rings is 1. The zero-order valence-electron chi connectivity index (χ0n) is 25.6. The molecule has 1 N–H and O–H groups in total. The lowest BCUT2D eigenvalue weighted by Gasteiger charge is -2.14. The molecular weight excluding hydrogens is 599 g/mol. The van der Waals surface area contributed by atoms with Crippen LogP contribution in [-0.2, 0) is 0 Å². The number of aromatic nitrogens is 3. The predicted octanol–water partition coefficient (Wildman–Crippen LogP) is 8.33. The molecule has 234 valence electrons. The third-order valence-electron chi connectivity index (χ3n) is 7.49. The van der Waals surface area contributed by atoms with Gasteiger partial charge in [0.25, 0.3) is 0 Å². The molecule has 0 bridgehead atoms. The number of benzene rings is 3. The molecule has 1 atom stereocenters. The first kappa shape index (κ1) is 31.8. The van der Waals surface area contributed by atoms with E-state index in [9.17, 15) is 18.0 Å². The quantitative estimate of drug-likeness (QED) is 0.187. The first-order valence-corrected chi connectivity index (χ1v) is 15.4. The van der Waals surface area contributed by atoms with E-state index in [0.29, 0.717) is 17.0 Å². The van der Waals surface area contributed by atoms with Gasteiger partial charge in [0, 0.05) is 29.4 Å². The fourth-order valence-electron chi connectivity index (χ4n) is 5.36. The van der Waals surface area contributed by atoms with Gasteiger partial charge in [-0.3, -0.25) is 4.57 Å². The molecule has 45 heavy (non-hydrogen) atoms. The van der Waals surface area contributed by atoms with E-state index < -0.39 is 6.36 Å². The summed E-state index contributed by atoms with van der Waals surface area (Å²) in [6, 6.07) is 19.3. The van der Waals surface area contributed by atoms with Gasteiger partial charge >= 0.3 is 12.4 Å². The molecule has 5 aromatic rings. The fraction of sp³-hybridized carbons (Fsp3) is 0.265. The maximum atomic E-state index is 12.8. The molecule has 5 rings (SSSR count). The van der Waals surface area contributed by atoms with E-state index in [1.54, 1.807) is 10.9 Å². The van der Waals surface area contributed by atoms with Gasteiger partial charge in [0.15, 0.2) is 4.80 Å². The van der Waals surface area contributed by atoms with Crippen LogP contribution in [0.1, 0.15) is 47.2 Å². The molecule has 0 aliphatic carbocycles. The number of amides is 2. The van der Waals surface area contributed by atoms with Crippen molar-refractivity contribution in [2.45, 2.75) is 53.3 Å². The Morgan fingerprint density at radius 1 is 1.00 bits per heavy atom. The number of hydrogen-bond donors (Lipinski definition) is 1. The van der Waals surface area contributed by atoms with Crippen molar-refractivity contribution in [3.8, 4) is 28.4 Å². The zero-order valence-corrected chi connectivity index (χ0v) is 26.5. The molecule has 0 saturated carbocycles. The number of hydrogen-bond acceptors (Lipinski definition) is 4. The van der Waals surface area contributed by atoms with Gasteiger partial charge in [-0.25, -0.2) is 9.48 Å². The summed E-state index contributed by atoms with van der Waals surface area (Å²) in [4.78, 5) is 17.8. The summed E-state index contributed by atoms with van der Waals surface area (Å²) in [5, 5.41) is 9.52. The number of aryl methyl sites for hydroxylation is 4. The molecule has 0 spiro atoms. The number of urea groups is 1. The smallest absolute Gasteiger partial charge is 0.406 e. The molecule has 0 aliphatic heterocycles. The first-order chi connectivity index (χ1) is 21.4. The Kier molecular flexibility index (Phi) is 9.29. The highest BCUT2D eigenvalue weighted by atomic mass is 32.1. The van der Waals surface area contributed by atoms with Gasteiger partial charge in [-0.15, -0.1) is 24.5 Å². The van der Waals surface area contributed by atoms with Crippen molar-refractivity contribution in [1.82, 2.24) is 19.7 Å². The number of ether oxygens (including phenoxy) is 1. The van der Waals surface area contributed by atoms with Crippen LogP contribution < -0.4 is 14.9 Å². The molecule has 11 heteroatoms. The van der Waals surface area contributed by atoms with Crippen LogP contribution >= 0.6 is 11.3 Å². The van der Waals surface area contributed by atoms with Gasteiger partial charge in [0.2, 0.25) is 0 Å². The summed E-state index contributed by atoms with van der Waals surface area (Å²) in [5.41, 5.74) is 8.93. The summed E-state index contributed by atoms with van der Waals surface area (Å²) in [6.45, 7) is 10.8. The minimum atomic E-state index is -4.73. The molecule has 3 aromatic carbocycles. The average Bonchev–Trinajstić information content (AvgIpc) is 3.60. The summed E-state index contributed by atoms with van der Waals surface area (Å²) in [6.07, 6.45) is -2.24. The standard InChI is InChI=1S/C34H34F3N5O2S/c1-21-18-23(3)31(24(4)19-21)42-25(5)20-45-33(42)39-32(43)38-16-14-22(2)26-6-8-27(9-7-26)30-15-17-41(40-30)28-10-12-29(13-11-28)44-34(35,36)37/h6-13,15,17-20,22H,14,16H2,1-5H3,(H,38,43). The molecular formula is C34H34F3N5O2S. The van der Waals surface area contributed by atoms with Crippen LogP contribution in [-0.4, -0.2) is 33.3 Å². The summed E-state index contributed by atoms with van der Waals surface area (Å²) >= 11 is 1.45. The highest BCUT2D eigenvalue weighted by Gasteiger charge is 2.31. The maximum absolute atomic E-state index is 12.8. The Morgan fingerprint density at radius 2 is 1.67 bits per heavy atom. The second kappa shape index (κ2) is 13.2. The molecule has 2 amide bonds. The van der Waals surface area contributed by atoms with Gasteiger partial charge in [-0.05, 0) is 87.1 Å². The third-order valence-corrected chi connectivity index (χ3v) is 8.43. The van der Waals surface area contributed by atoms with Crippen molar-refractivity contribution in [1.29, 1.82) is 0 Å². The number of halogens is 3. The van der Waals surface area contributed by atoms with Crippen molar-refractivity contribution < 1.29 is 22.7 Å². The fourth-order valence-corrected chi connectivity index (χ4v) is 6.22. The van der Waals surface area contributed by atoms with Crippen LogP contribution in [0.25, 0.3) is 22.6 Å². The number of rotatable bonds is 8. The molecule has 0 saturated heterocycles. The number of nitrogens with one attached hydrogen (secondary N) is 1. The molecule has 1 unspecified atom stereocenters. The van der Waals surface area contributed by atoms with E-state index in [2.05, 4.69) is 60.0 Å². The van der Waals surface area contributed by atoms with E-state index in [1.165, 1.54) is 41.2 Å². The van der Waals surface area contributed by atoms with Crippen molar-refractivity contribution in [2.75, 3.05) is 6.54 Å². The second-order valence-corrected chi connectivity index (χ2v) is 11.9. The van der Waals surface area contributed by atoms with Gasteiger partial charge in [0.05, 0.1) is 17.1 Å². The van der Waals surface area contributed by atoms with Crippen molar-refractivity contribution in [2.24, 2.45) is 4.99 Å². The first-order valence-electron chi connectivity index (χ1n) is 14.5. The number of nitrogens with zero attached hydrogens (tertiary/aromatic N) is 4. The van der Waals surface area contributed by atoms with E-state index in [-0.39, 0.29) is 17.7 Å². The monoisotopic (exact) mass is 633 g/mol. The zero-order chi connectivity index (χ0) is 32.3. The van der Waals surface area contributed by atoms with E-state index >= 15 is 0 Å². The Balaban J connectivity index is 1.18. The highest BCUT2D eigenvalue weighted by molar-refractivity contribution is 7.07. The van der Waals surface area contributed by atoms with Crippen LogP contribution in [0.4, 0.5) is 18.0 Å². The Hall–Kier alpha value is -4.64. The molecule has 2 aromatic heterocycles. The van der Waals surface area contributed by atoms with Crippen LogP contribution in [0, 0.1) is 27.7 Å². The van der Waals surface area contributed by atoms with Crippen LogP contribution in [0.5, 0.6) is 5.75 Å². The van der Waals surface area contributed by atoms with Crippen molar-refractivity contribution in [3.05, 3.63) is 111 Å². The largest absolute Gasteiger partial charge is 0.573 e. The number of carbonyl (C=O) groups excluding carboxylic acids is 1. The Bertz CT molecular complexity index is 1850. The SMILES string of the molecule is Cc1cc(C)c(-n2c(C)csc2=NC(=O)NCCC(C)c2ccc(-c3ccn(-c4ccc(OC(F)(F)F)cc4)n3)cc2)c(C)c1. The van der Waals surface area contributed by atoms with Gasteiger partial charge < -0.3 is 10.1 Å². The third kappa shape index (κ3) is 7.72. The highest BCUT2D eigenvalue weighted by Crippen LogP contribution is 2.26. The predicted molar refractivity (Wildman–Crippen MR) is 170 cm³/mol. The van der Waals surface area contributed by atoms with Gasteiger partial charge in [-0.2, -0.15) is 10.1 Å². The molecule has 0 fully saturated rings. The Labute approximate surface area is 263 Å². The molecule has 0 radical (unpaired) electrons. The molecule has 2 heterocycles. The lowest BCUT2D eigenvalue weighted by atomic mass is 9.96. The molecule has 7 nitrogen and oxygen atoms in total. The number of alkyl halides is 3. The van der Waals surface area contributed by atoms with E-state index in [4.69, 9.17) is 0 Å². The van der Waals surface area contributed by atoms with Crippen LogP contribution in [0.2, 0.25) is 0 Å². The van der Waals surface area contributed by atoms with E-state index in [1.807, 2.05) is 47.2 Å². The van der Waals surface area contributed by atoms with Crippen molar-refractivity contribution >= 4 is 17.4 Å². The van der Waals surface area contributed by atoms with Crippen molar-refractivity contribution in [3.63, 3.8) is 0 Å². The Morgan fingerprint density at radius 3 is 2.31 bits per heavy atom. The van der Waals surface area contributed by atoms with E-state index in [0.717, 1.165) is 45.7 Å². The summed E-state index contributed by atoms with van der Waals surface area (Å²) in [7, 11) is 0. The normalized spacial score (nSPS) is 12.8. The lowest BCUT2D eigenvalue weighted by Crippen LogP contribution is -2.26. The van der Waals surface area contributed by atoms with Gasteiger partial charge in [-0.1, -0.05) is 48.9 Å². The summed E-state index contributed by atoms with van der Waals surface area (Å²) in [5.74, 6) is -0.0904.